The molecule has 0 spiro atoms. The Kier molecular flexibility index (Phi) is 4.34. The quantitative estimate of drug-likeness (QED) is 0.813. The normalized spacial score (nSPS) is 23.7. The number of carbonyl (C=O) groups is 1. The van der Waals surface area contributed by atoms with E-state index in [9.17, 15) is 4.79 Å². The van der Waals surface area contributed by atoms with Crippen LogP contribution < -0.4 is 5.32 Å². The van der Waals surface area contributed by atoms with Gasteiger partial charge in [-0.25, -0.2) is 0 Å². The number of carbonyl (C=O) groups excluding carboxylic acids is 1. The van der Waals surface area contributed by atoms with Gasteiger partial charge in [-0.2, -0.15) is 0 Å². The molecule has 1 amide bonds. The van der Waals surface area contributed by atoms with Gasteiger partial charge >= 0.3 is 0 Å². The van der Waals surface area contributed by atoms with Crippen molar-refractivity contribution in [1.29, 1.82) is 0 Å². The zero-order valence-corrected chi connectivity index (χ0v) is 12.1. The lowest BCUT2D eigenvalue weighted by atomic mass is 10.2. The third-order valence-electron chi connectivity index (χ3n) is 2.93. The van der Waals surface area contributed by atoms with Gasteiger partial charge in [0.2, 0.25) is 0 Å². The Morgan fingerprint density at radius 1 is 1.41 bits per heavy atom. The number of alkyl halides is 1. The van der Waals surface area contributed by atoms with Crippen molar-refractivity contribution in [3.8, 4) is 0 Å². The molecule has 1 N–H and O–H groups in total. The van der Waals surface area contributed by atoms with Gasteiger partial charge in [0, 0.05) is 16.1 Å². The summed E-state index contributed by atoms with van der Waals surface area (Å²) in [4.78, 5) is 12.0. The van der Waals surface area contributed by atoms with E-state index in [0.717, 1.165) is 23.7 Å². The molecule has 1 aromatic rings. The van der Waals surface area contributed by atoms with Crippen molar-refractivity contribution < 1.29 is 4.79 Å². The summed E-state index contributed by atoms with van der Waals surface area (Å²) >= 11 is 15.4. The average Bonchev–Trinajstić information content (AvgIpc) is 2.68. The summed E-state index contributed by atoms with van der Waals surface area (Å²) in [5.74, 6) is -0.114. The molecule has 1 aliphatic rings. The van der Waals surface area contributed by atoms with Crippen LogP contribution in [0.15, 0.2) is 22.7 Å². The molecule has 1 aliphatic carbocycles. The van der Waals surface area contributed by atoms with Gasteiger partial charge in [-0.3, -0.25) is 4.79 Å². The largest absolute Gasteiger partial charge is 0.348 e. The van der Waals surface area contributed by atoms with Crippen LogP contribution in [-0.4, -0.2) is 17.3 Å². The van der Waals surface area contributed by atoms with E-state index in [1.165, 1.54) is 0 Å². The average molecular weight is 337 g/mol. The maximum absolute atomic E-state index is 12.0. The highest BCUT2D eigenvalue weighted by Gasteiger charge is 2.26. The van der Waals surface area contributed by atoms with E-state index in [-0.39, 0.29) is 17.3 Å². The second-order valence-corrected chi connectivity index (χ2v) is 5.98. The summed E-state index contributed by atoms with van der Waals surface area (Å²) in [6.45, 7) is 0. The monoisotopic (exact) mass is 335 g/mol. The van der Waals surface area contributed by atoms with E-state index in [4.69, 9.17) is 23.2 Å². The molecule has 1 saturated carbocycles. The summed E-state index contributed by atoms with van der Waals surface area (Å²) in [7, 11) is 0. The molecule has 0 aromatic heterocycles. The van der Waals surface area contributed by atoms with Gasteiger partial charge in [0.05, 0.1) is 10.4 Å². The molecule has 1 fully saturated rings. The number of nitrogens with one attached hydrogen (secondary N) is 1. The highest BCUT2D eigenvalue weighted by atomic mass is 79.9. The molecule has 0 heterocycles. The zero-order valence-electron chi connectivity index (χ0n) is 9.05. The first-order valence-electron chi connectivity index (χ1n) is 5.48. The summed E-state index contributed by atoms with van der Waals surface area (Å²) in [5.41, 5.74) is 0.564. The van der Waals surface area contributed by atoms with Gasteiger partial charge in [-0.05, 0) is 53.4 Å². The molecule has 2 nitrogen and oxygen atoms in total. The van der Waals surface area contributed by atoms with E-state index >= 15 is 0 Å². The molecule has 0 saturated heterocycles. The fourth-order valence-electron chi connectivity index (χ4n) is 1.97. The van der Waals surface area contributed by atoms with Crippen molar-refractivity contribution >= 4 is 45.0 Å². The minimum atomic E-state index is -0.114. The van der Waals surface area contributed by atoms with Crippen LogP contribution in [0, 0.1) is 0 Å². The third-order valence-corrected chi connectivity index (χ3v) is 4.68. The number of amides is 1. The Morgan fingerprint density at radius 3 is 2.76 bits per heavy atom. The number of benzene rings is 1. The van der Waals surface area contributed by atoms with E-state index in [2.05, 4.69) is 21.2 Å². The third kappa shape index (κ3) is 3.15. The van der Waals surface area contributed by atoms with E-state index in [1.807, 2.05) is 0 Å². The fourth-order valence-corrected chi connectivity index (χ4v) is 2.74. The molecule has 1 aromatic carbocycles. The van der Waals surface area contributed by atoms with E-state index in [0.29, 0.717) is 10.6 Å². The number of halogens is 3. The summed E-state index contributed by atoms with van der Waals surface area (Å²) in [6.07, 6.45) is 2.98. The van der Waals surface area contributed by atoms with Gasteiger partial charge in [-0.15, -0.1) is 11.6 Å². The molecule has 2 atom stereocenters. The lowest BCUT2D eigenvalue weighted by Crippen LogP contribution is -2.37. The van der Waals surface area contributed by atoms with Crippen LogP contribution in [0.4, 0.5) is 0 Å². The molecule has 0 bridgehead atoms. The predicted molar refractivity (Wildman–Crippen MR) is 73.9 cm³/mol. The highest BCUT2D eigenvalue weighted by Crippen LogP contribution is 2.26. The first-order chi connectivity index (χ1) is 8.08. The molecule has 92 valence electrons. The molecule has 0 radical (unpaired) electrons. The molecular weight excluding hydrogens is 325 g/mol. The van der Waals surface area contributed by atoms with Crippen molar-refractivity contribution in [3.63, 3.8) is 0 Å². The summed E-state index contributed by atoms with van der Waals surface area (Å²) < 4.78 is 0.784. The van der Waals surface area contributed by atoms with Gasteiger partial charge in [0.1, 0.15) is 0 Å². The Morgan fingerprint density at radius 2 is 2.18 bits per heavy atom. The van der Waals surface area contributed by atoms with E-state index in [1.54, 1.807) is 18.2 Å². The lowest BCUT2D eigenvalue weighted by molar-refractivity contribution is 0.0938. The molecular formula is C12H12BrCl2NO. The van der Waals surface area contributed by atoms with Crippen molar-refractivity contribution in [2.75, 3.05) is 0 Å². The Balaban J connectivity index is 2.06. The smallest absolute Gasteiger partial charge is 0.251 e. The van der Waals surface area contributed by atoms with Gasteiger partial charge < -0.3 is 5.32 Å². The van der Waals surface area contributed by atoms with Gasteiger partial charge in [0.25, 0.3) is 5.91 Å². The Labute approximate surface area is 119 Å². The Hall–Kier alpha value is -0.250. The number of hydrogen-bond acceptors (Lipinski definition) is 1. The second kappa shape index (κ2) is 5.59. The topological polar surface area (TPSA) is 29.1 Å². The van der Waals surface area contributed by atoms with Crippen LogP contribution in [0.2, 0.25) is 5.02 Å². The van der Waals surface area contributed by atoms with Gasteiger partial charge in [0.15, 0.2) is 0 Å². The fraction of sp³-hybridized carbons (Fsp3) is 0.417. The zero-order chi connectivity index (χ0) is 12.4. The lowest BCUT2D eigenvalue weighted by Gasteiger charge is -2.15. The van der Waals surface area contributed by atoms with Crippen molar-refractivity contribution in [3.05, 3.63) is 33.3 Å². The van der Waals surface area contributed by atoms with Crippen LogP contribution in [0.1, 0.15) is 29.6 Å². The first-order valence-corrected chi connectivity index (χ1v) is 7.08. The maximum atomic E-state index is 12.0. The SMILES string of the molecule is O=C(NC1CCCC1Cl)c1ccc(Br)c(Cl)c1. The first kappa shape index (κ1) is 13.2. The molecule has 0 aliphatic heterocycles. The number of hydrogen-bond donors (Lipinski definition) is 1. The predicted octanol–water partition coefficient (Wildman–Crippen LogP) is 3.99. The van der Waals surface area contributed by atoms with Crippen molar-refractivity contribution in [2.45, 2.75) is 30.7 Å². The summed E-state index contributed by atoms with van der Waals surface area (Å²) in [5, 5.41) is 3.53. The van der Waals surface area contributed by atoms with E-state index < -0.39 is 0 Å². The Bertz CT molecular complexity index is 439. The molecule has 2 rings (SSSR count). The minimum Gasteiger partial charge on any atom is -0.348 e. The minimum absolute atomic E-state index is 0.0462. The maximum Gasteiger partial charge on any atom is 0.251 e. The number of rotatable bonds is 2. The standard InChI is InChI=1S/C12H12BrCl2NO/c13-8-5-4-7(6-10(8)15)12(17)16-11-3-1-2-9(11)14/h4-6,9,11H,1-3H2,(H,16,17). The van der Waals surface area contributed by atoms with Crippen LogP contribution >= 0.6 is 39.1 Å². The van der Waals surface area contributed by atoms with Crippen molar-refractivity contribution in [2.24, 2.45) is 0 Å². The van der Waals surface area contributed by atoms with Crippen LogP contribution in [-0.2, 0) is 0 Å². The molecule has 2 unspecified atom stereocenters. The van der Waals surface area contributed by atoms with Crippen LogP contribution in [0.3, 0.4) is 0 Å². The second-order valence-electron chi connectivity index (χ2n) is 4.16. The summed E-state index contributed by atoms with van der Waals surface area (Å²) in [6, 6.07) is 5.23. The van der Waals surface area contributed by atoms with Crippen LogP contribution in [0.25, 0.3) is 0 Å². The molecule has 17 heavy (non-hydrogen) atoms. The molecule has 5 heteroatoms. The highest BCUT2D eigenvalue weighted by molar-refractivity contribution is 9.10. The van der Waals surface area contributed by atoms with Gasteiger partial charge in [-0.1, -0.05) is 11.6 Å². The van der Waals surface area contributed by atoms with Crippen molar-refractivity contribution in [1.82, 2.24) is 5.32 Å². The van der Waals surface area contributed by atoms with Crippen LogP contribution in [0.5, 0.6) is 0 Å².